The second-order valence-electron chi connectivity index (χ2n) is 4.57. The average Bonchev–Trinajstić information content (AvgIpc) is 2.84. The van der Waals surface area contributed by atoms with Crippen molar-refractivity contribution in [3.63, 3.8) is 0 Å². The molecule has 1 aliphatic rings. The van der Waals surface area contributed by atoms with Gasteiger partial charge >= 0.3 is 0 Å². The number of carbonyl (C=O) groups excluding carboxylic acids is 1. The van der Waals surface area contributed by atoms with E-state index in [0.717, 1.165) is 32.5 Å². The van der Waals surface area contributed by atoms with E-state index in [1.807, 2.05) is 4.90 Å². The van der Waals surface area contributed by atoms with Crippen LogP contribution in [0.3, 0.4) is 0 Å². The van der Waals surface area contributed by atoms with Crippen LogP contribution < -0.4 is 11.1 Å². The molecule has 0 aromatic carbocycles. The van der Waals surface area contributed by atoms with Crippen molar-refractivity contribution in [3.05, 3.63) is 23.9 Å². The zero-order chi connectivity index (χ0) is 13.0. The number of pyridine rings is 1. The van der Waals surface area contributed by atoms with Gasteiger partial charge in [0.15, 0.2) is 0 Å². The minimum atomic E-state index is 0.0582. The van der Waals surface area contributed by atoms with Crippen LogP contribution in [0.5, 0.6) is 0 Å². The summed E-state index contributed by atoms with van der Waals surface area (Å²) in [5.74, 6) is 0.500. The van der Waals surface area contributed by atoms with Crippen LogP contribution in [-0.2, 0) is 0 Å². The molecule has 1 atom stereocenters. The second kappa shape index (κ2) is 5.82. The van der Waals surface area contributed by atoms with Crippen molar-refractivity contribution in [1.29, 1.82) is 0 Å². The second-order valence-corrected chi connectivity index (χ2v) is 4.57. The number of anilines is 1. The molecule has 5 nitrogen and oxygen atoms in total. The van der Waals surface area contributed by atoms with E-state index in [2.05, 4.69) is 17.2 Å². The van der Waals surface area contributed by atoms with Crippen molar-refractivity contribution in [1.82, 2.24) is 15.2 Å². The van der Waals surface area contributed by atoms with Gasteiger partial charge in [-0.1, -0.05) is 6.92 Å². The first-order valence-corrected chi connectivity index (χ1v) is 6.45. The Balaban J connectivity index is 2.05. The molecular formula is C13H20N4O. The highest BCUT2D eigenvalue weighted by molar-refractivity contribution is 5.94. The zero-order valence-electron chi connectivity index (χ0n) is 10.7. The highest BCUT2D eigenvalue weighted by Gasteiger charge is 2.28. The van der Waals surface area contributed by atoms with Crippen LogP contribution >= 0.6 is 0 Å². The number of amides is 1. The number of nitrogens with one attached hydrogen (secondary N) is 1. The SMILES string of the molecule is CCNC[C@H]1CCCN1C(=O)c1ccc(N)nc1. The van der Waals surface area contributed by atoms with Crippen LogP contribution in [-0.4, -0.2) is 41.5 Å². The molecule has 0 radical (unpaired) electrons. The Hall–Kier alpha value is -1.62. The molecule has 1 saturated heterocycles. The molecule has 1 fully saturated rings. The number of likely N-dealkylation sites (N-methyl/N-ethyl adjacent to an activating group) is 1. The number of nitrogen functional groups attached to an aromatic ring is 1. The molecule has 1 aromatic rings. The summed E-state index contributed by atoms with van der Waals surface area (Å²) in [7, 11) is 0. The summed E-state index contributed by atoms with van der Waals surface area (Å²) in [5.41, 5.74) is 6.15. The predicted molar refractivity (Wildman–Crippen MR) is 71.3 cm³/mol. The lowest BCUT2D eigenvalue weighted by atomic mass is 10.2. The van der Waals surface area contributed by atoms with E-state index in [0.29, 0.717) is 17.4 Å². The van der Waals surface area contributed by atoms with Gasteiger partial charge in [0.25, 0.3) is 5.91 Å². The van der Waals surface area contributed by atoms with Gasteiger partial charge in [0, 0.05) is 25.3 Å². The monoisotopic (exact) mass is 248 g/mol. The maximum atomic E-state index is 12.3. The number of rotatable bonds is 4. The van der Waals surface area contributed by atoms with E-state index in [1.165, 1.54) is 0 Å². The van der Waals surface area contributed by atoms with Gasteiger partial charge in [0.1, 0.15) is 5.82 Å². The molecular weight excluding hydrogens is 228 g/mol. The first-order valence-electron chi connectivity index (χ1n) is 6.45. The minimum Gasteiger partial charge on any atom is -0.384 e. The molecule has 18 heavy (non-hydrogen) atoms. The van der Waals surface area contributed by atoms with Gasteiger partial charge in [-0.2, -0.15) is 0 Å². The molecule has 2 rings (SSSR count). The van der Waals surface area contributed by atoms with Crippen molar-refractivity contribution in [2.75, 3.05) is 25.4 Å². The molecule has 0 spiro atoms. The maximum Gasteiger partial charge on any atom is 0.255 e. The largest absolute Gasteiger partial charge is 0.384 e. The van der Waals surface area contributed by atoms with Gasteiger partial charge < -0.3 is 16.0 Å². The molecule has 1 aromatic heterocycles. The lowest BCUT2D eigenvalue weighted by molar-refractivity contribution is 0.0735. The van der Waals surface area contributed by atoms with Crippen LogP contribution in [0.4, 0.5) is 5.82 Å². The minimum absolute atomic E-state index is 0.0582. The molecule has 2 heterocycles. The van der Waals surface area contributed by atoms with E-state index in [4.69, 9.17) is 5.73 Å². The number of hydrogen-bond donors (Lipinski definition) is 2. The van der Waals surface area contributed by atoms with Crippen LogP contribution in [0.1, 0.15) is 30.1 Å². The fourth-order valence-corrected chi connectivity index (χ4v) is 2.32. The van der Waals surface area contributed by atoms with E-state index >= 15 is 0 Å². The first kappa shape index (κ1) is 12.8. The Bertz CT molecular complexity index is 404. The summed E-state index contributed by atoms with van der Waals surface area (Å²) in [4.78, 5) is 18.3. The number of hydrogen-bond acceptors (Lipinski definition) is 4. The van der Waals surface area contributed by atoms with Gasteiger partial charge in [-0.3, -0.25) is 4.79 Å². The van der Waals surface area contributed by atoms with Crippen LogP contribution in [0.15, 0.2) is 18.3 Å². The maximum absolute atomic E-state index is 12.3. The summed E-state index contributed by atoms with van der Waals surface area (Å²) < 4.78 is 0. The standard InChI is InChI=1S/C13H20N4O/c1-2-15-9-11-4-3-7-17(11)13(18)10-5-6-12(14)16-8-10/h5-6,8,11,15H,2-4,7,9H2,1H3,(H2,14,16)/t11-/m1/s1. The van der Waals surface area contributed by atoms with Crippen LogP contribution in [0, 0.1) is 0 Å². The predicted octanol–water partition coefficient (Wildman–Crippen LogP) is 0.878. The van der Waals surface area contributed by atoms with E-state index in [9.17, 15) is 4.79 Å². The topological polar surface area (TPSA) is 71.2 Å². The fourth-order valence-electron chi connectivity index (χ4n) is 2.32. The van der Waals surface area contributed by atoms with Crippen molar-refractivity contribution >= 4 is 11.7 Å². The Labute approximate surface area is 107 Å². The molecule has 1 aliphatic heterocycles. The number of carbonyl (C=O) groups is 1. The van der Waals surface area contributed by atoms with Crippen LogP contribution in [0.2, 0.25) is 0 Å². The van der Waals surface area contributed by atoms with E-state index < -0.39 is 0 Å². The number of nitrogens with zero attached hydrogens (tertiary/aromatic N) is 2. The molecule has 0 saturated carbocycles. The van der Waals surface area contributed by atoms with Gasteiger partial charge in [-0.25, -0.2) is 4.98 Å². The summed E-state index contributed by atoms with van der Waals surface area (Å²) in [6.07, 6.45) is 3.70. The van der Waals surface area contributed by atoms with Crippen molar-refractivity contribution < 1.29 is 4.79 Å². The van der Waals surface area contributed by atoms with Crippen molar-refractivity contribution in [2.45, 2.75) is 25.8 Å². The summed E-state index contributed by atoms with van der Waals surface area (Å²) >= 11 is 0. The highest BCUT2D eigenvalue weighted by atomic mass is 16.2. The summed E-state index contributed by atoms with van der Waals surface area (Å²) in [6, 6.07) is 3.71. The third-order valence-electron chi connectivity index (χ3n) is 3.30. The number of aromatic nitrogens is 1. The van der Waals surface area contributed by atoms with Gasteiger partial charge in [0.05, 0.1) is 5.56 Å². The number of nitrogens with two attached hydrogens (primary N) is 1. The van der Waals surface area contributed by atoms with Crippen LogP contribution in [0.25, 0.3) is 0 Å². The molecule has 5 heteroatoms. The Morgan fingerprint density at radius 2 is 2.44 bits per heavy atom. The fraction of sp³-hybridized carbons (Fsp3) is 0.538. The van der Waals surface area contributed by atoms with Gasteiger partial charge in [0.2, 0.25) is 0 Å². The smallest absolute Gasteiger partial charge is 0.255 e. The third kappa shape index (κ3) is 2.79. The molecule has 0 bridgehead atoms. The molecule has 1 amide bonds. The van der Waals surface area contributed by atoms with Gasteiger partial charge in [-0.05, 0) is 31.5 Å². The molecule has 0 aliphatic carbocycles. The zero-order valence-corrected chi connectivity index (χ0v) is 10.7. The molecule has 98 valence electrons. The highest BCUT2D eigenvalue weighted by Crippen LogP contribution is 2.19. The third-order valence-corrected chi connectivity index (χ3v) is 3.30. The molecule has 0 unspecified atom stereocenters. The number of likely N-dealkylation sites (tertiary alicyclic amines) is 1. The quantitative estimate of drug-likeness (QED) is 0.829. The molecule has 3 N–H and O–H groups in total. The van der Waals surface area contributed by atoms with Crippen molar-refractivity contribution in [2.24, 2.45) is 0 Å². The Morgan fingerprint density at radius 1 is 1.61 bits per heavy atom. The lowest BCUT2D eigenvalue weighted by Gasteiger charge is -2.24. The normalized spacial score (nSPS) is 19.2. The van der Waals surface area contributed by atoms with E-state index in [-0.39, 0.29) is 5.91 Å². The Kier molecular flexibility index (Phi) is 4.15. The first-order chi connectivity index (χ1) is 8.72. The van der Waals surface area contributed by atoms with Crippen molar-refractivity contribution in [3.8, 4) is 0 Å². The average molecular weight is 248 g/mol. The summed E-state index contributed by atoms with van der Waals surface area (Å²) in [6.45, 7) is 4.71. The van der Waals surface area contributed by atoms with Gasteiger partial charge in [-0.15, -0.1) is 0 Å². The lowest BCUT2D eigenvalue weighted by Crippen LogP contribution is -2.41. The van der Waals surface area contributed by atoms with E-state index in [1.54, 1.807) is 18.3 Å². The summed E-state index contributed by atoms with van der Waals surface area (Å²) in [5, 5.41) is 3.31. The Morgan fingerprint density at radius 3 is 3.11 bits per heavy atom.